The van der Waals surface area contributed by atoms with Gasteiger partial charge in [-0.3, -0.25) is 10.1 Å². The molecule has 35 heavy (non-hydrogen) atoms. The first-order chi connectivity index (χ1) is 16.9. The van der Waals surface area contributed by atoms with Gasteiger partial charge in [0.25, 0.3) is 5.91 Å². The van der Waals surface area contributed by atoms with Crippen LogP contribution in [0, 0.1) is 3.57 Å². The molecule has 8 nitrogen and oxygen atoms in total. The number of hydrogen-bond donors (Lipinski definition) is 3. The number of ether oxygens (including phenoxy) is 2. The second kappa shape index (κ2) is 10.9. The summed E-state index contributed by atoms with van der Waals surface area (Å²) in [6.07, 6.45) is -0.604. The molecule has 1 aliphatic carbocycles. The van der Waals surface area contributed by atoms with Crippen LogP contribution < -0.4 is 10.6 Å². The van der Waals surface area contributed by atoms with Crippen LogP contribution in [0.4, 0.5) is 10.5 Å². The normalized spacial score (nSPS) is 12.9. The van der Waals surface area contributed by atoms with Gasteiger partial charge in [-0.2, -0.15) is 0 Å². The Morgan fingerprint density at radius 1 is 1.00 bits per heavy atom. The molecule has 0 aromatic heterocycles. The summed E-state index contributed by atoms with van der Waals surface area (Å²) in [6.45, 7) is 0.0343. The smallest absolute Gasteiger partial charge is 0.411 e. The predicted molar refractivity (Wildman–Crippen MR) is 139 cm³/mol. The number of fused-ring (bicyclic) bond motifs is 3. The number of benzene rings is 3. The van der Waals surface area contributed by atoms with Crippen molar-refractivity contribution in [1.29, 1.82) is 0 Å². The zero-order valence-corrected chi connectivity index (χ0v) is 20.9. The highest BCUT2D eigenvalue weighted by Gasteiger charge is 2.29. The van der Waals surface area contributed by atoms with Crippen molar-refractivity contribution in [3.63, 3.8) is 0 Å². The monoisotopic (exact) mass is 586 g/mol. The Bertz CT molecular complexity index is 1230. The fourth-order valence-electron chi connectivity index (χ4n) is 4.09. The molecule has 0 spiro atoms. The number of aliphatic carboxylic acids is 1. The van der Waals surface area contributed by atoms with E-state index >= 15 is 0 Å². The zero-order valence-electron chi connectivity index (χ0n) is 18.8. The largest absolute Gasteiger partial charge is 0.480 e. The van der Waals surface area contributed by atoms with Gasteiger partial charge in [0.1, 0.15) is 6.61 Å². The summed E-state index contributed by atoms with van der Waals surface area (Å²) in [5, 5.41) is 14.3. The van der Waals surface area contributed by atoms with Gasteiger partial charge in [-0.1, -0.05) is 48.5 Å². The van der Waals surface area contributed by atoms with Crippen LogP contribution in [0.3, 0.4) is 0 Å². The van der Waals surface area contributed by atoms with E-state index in [1.807, 2.05) is 46.9 Å². The maximum absolute atomic E-state index is 12.6. The topological polar surface area (TPSA) is 114 Å². The number of methoxy groups -OCH3 is 1. The fraction of sp³-hybridized carbons (Fsp3) is 0.192. The Labute approximate surface area is 215 Å². The van der Waals surface area contributed by atoms with Gasteiger partial charge in [0.05, 0.1) is 12.3 Å². The molecule has 0 radical (unpaired) electrons. The number of hydrogen-bond acceptors (Lipinski definition) is 5. The molecule has 0 saturated heterocycles. The fourth-order valence-corrected chi connectivity index (χ4v) is 4.74. The van der Waals surface area contributed by atoms with Crippen LogP contribution in [0.1, 0.15) is 27.4 Å². The van der Waals surface area contributed by atoms with Crippen molar-refractivity contribution in [2.75, 3.05) is 25.6 Å². The van der Waals surface area contributed by atoms with Gasteiger partial charge in [-0.15, -0.1) is 0 Å². The molecule has 1 atom stereocenters. The molecule has 0 heterocycles. The number of amides is 2. The molecule has 1 aliphatic rings. The predicted octanol–water partition coefficient (Wildman–Crippen LogP) is 4.48. The SMILES string of the molecule is COC[C@H](NC(=O)c1ccc(NC(=O)OCC2c3ccccc3-c3ccccc32)c(I)c1)C(=O)O. The van der Waals surface area contributed by atoms with E-state index in [0.717, 1.165) is 22.3 Å². The molecule has 0 bridgehead atoms. The number of carboxylic acid groups (broad SMARTS) is 1. The molecular weight excluding hydrogens is 563 g/mol. The molecule has 3 aromatic carbocycles. The molecule has 3 N–H and O–H groups in total. The van der Waals surface area contributed by atoms with Crippen LogP contribution in [0.5, 0.6) is 0 Å². The number of rotatable bonds is 8. The van der Waals surface area contributed by atoms with E-state index < -0.39 is 24.0 Å². The first-order valence-corrected chi connectivity index (χ1v) is 11.9. The highest BCUT2D eigenvalue weighted by molar-refractivity contribution is 14.1. The lowest BCUT2D eigenvalue weighted by Crippen LogP contribution is -2.43. The summed E-state index contributed by atoms with van der Waals surface area (Å²) in [7, 11) is 1.36. The van der Waals surface area contributed by atoms with Gasteiger partial charge in [0, 0.05) is 22.2 Å². The summed E-state index contributed by atoms with van der Waals surface area (Å²) in [6, 6.07) is 19.7. The quantitative estimate of drug-likeness (QED) is 0.336. The van der Waals surface area contributed by atoms with Crippen LogP contribution >= 0.6 is 22.6 Å². The van der Waals surface area contributed by atoms with Gasteiger partial charge < -0.3 is 19.9 Å². The van der Waals surface area contributed by atoms with E-state index in [2.05, 4.69) is 34.9 Å². The molecule has 4 rings (SSSR count). The van der Waals surface area contributed by atoms with Gasteiger partial charge in [0.2, 0.25) is 0 Å². The van der Waals surface area contributed by atoms with Crippen LogP contribution in [-0.2, 0) is 14.3 Å². The van der Waals surface area contributed by atoms with Crippen molar-refractivity contribution >= 4 is 46.2 Å². The summed E-state index contributed by atoms with van der Waals surface area (Å²) >= 11 is 1.99. The Hall–Kier alpha value is -3.44. The first kappa shape index (κ1) is 24.7. The third-order valence-corrected chi connectivity index (χ3v) is 6.64. The highest BCUT2D eigenvalue weighted by atomic mass is 127. The summed E-state index contributed by atoms with van der Waals surface area (Å²) in [5.41, 5.74) is 5.28. The number of carbonyl (C=O) groups excluding carboxylic acids is 2. The minimum Gasteiger partial charge on any atom is -0.480 e. The van der Waals surface area contributed by atoms with E-state index in [-0.39, 0.29) is 24.7 Å². The van der Waals surface area contributed by atoms with Crippen LogP contribution in [-0.4, -0.2) is 49.4 Å². The van der Waals surface area contributed by atoms with Crippen molar-refractivity contribution in [3.05, 3.63) is 87.0 Å². The number of carbonyl (C=O) groups is 3. The Morgan fingerprint density at radius 2 is 1.63 bits per heavy atom. The molecular formula is C26H23IN2O6. The number of carboxylic acids is 1. The Balaban J connectivity index is 1.39. The second-order valence-electron chi connectivity index (χ2n) is 7.96. The average Bonchev–Trinajstić information content (AvgIpc) is 3.17. The van der Waals surface area contributed by atoms with Crippen molar-refractivity contribution in [3.8, 4) is 11.1 Å². The molecule has 0 fully saturated rings. The lowest BCUT2D eigenvalue weighted by Gasteiger charge is -2.16. The minimum absolute atomic E-state index is 0.0485. The lowest BCUT2D eigenvalue weighted by molar-refractivity contribution is -0.140. The maximum Gasteiger partial charge on any atom is 0.411 e. The third kappa shape index (κ3) is 5.46. The van der Waals surface area contributed by atoms with E-state index in [9.17, 15) is 19.5 Å². The zero-order chi connectivity index (χ0) is 24.9. The number of halogens is 1. The molecule has 9 heteroatoms. The van der Waals surface area contributed by atoms with E-state index in [0.29, 0.717) is 9.26 Å². The number of anilines is 1. The van der Waals surface area contributed by atoms with Crippen LogP contribution in [0.15, 0.2) is 66.7 Å². The van der Waals surface area contributed by atoms with Gasteiger partial charge in [0.15, 0.2) is 6.04 Å². The van der Waals surface area contributed by atoms with Crippen molar-refractivity contribution in [2.45, 2.75) is 12.0 Å². The third-order valence-electron chi connectivity index (χ3n) is 5.75. The maximum atomic E-state index is 12.6. The summed E-state index contributed by atoms with van der Waals surface area (Å²) in [4.78, 5) is 36.2. The summed E-state index contributed by atoms with van der Waals surface area (Å²) < 4.78 is 11.0. The standard InChI is InChI=1S/C26H23IN2O6/c1-34-14-23(25(31)32)28-24(30)15-10-11-22(21(27)12-15)29-26(33)35-13-20-18-8-4-2-6-16(18)17-7-3-5-9-19(17)20/h2-12,20,23H,13-14H2,1H3,(H,28,30)(H,29,33)(H,31,32)/t23-/m0/s1. The highest BCUT2D eigenvalue weighted by Crippen LogP contribution is 2.44. The van der Waals surface area contributed by atoms with Crippen molar-refractivity contribution < 1.29 is 29.0 Å². The Morgan fingerprint density at radius 3 is 2.20 bits per heavy atom. The Kier molecular flexibility index (Phi) is 7.67. The molecule has 0 aliphatic heterocycles. The average molecular weight is 586 g/mol. The lowest BCUT2D eigenvalue weighted by atomic mass is 9.98. The molecule has 0 saturated carbocycles. The molecule has 0 unspecified atom stereocenters. The van der Waals surface area contributed by atoms with E-state index in [4.69, 9.17) is 9.47 Å². The first-order valence-electron chi connectivity index (χ1n) is 10.8. The molecule has 3 aromatic rings. The second-order valence-corrected chi connectivity index (χ2v) is 9.13. The van der Waals surface area contributed by atoms with E-state index in [1.54, 1.807) is 12.1 Å². The van der Waals surface area contributed by atoms with Crippen LogP contribution in [0.25, 0.3) is 11.1 Å². The molecule has 2 amide bonds. The van der Waals surface area contributed by atoms with Crippen molar-refractivity contribution in [2.24, 2.45) is 0 Å². The van der Waals surface area contributed by atoms with Gasteiger partial charge in [-0.25, -0.2) is 9.59 Å². The minimum atomic E-state index is -1.19. The molecule has 180 valence electrons. The van der Waals surface area contributed by atoms with Gasteiger partial charge in [-0.05, 0) is 63.0 Å². The van der Waals surface area contributed by atoms with Crippen molar-refractivity contribution in [1.82, 2.24) is 5.32 Å². The van der Waals surface area contributed by atoms with Crippen LogP contribution in [0.2, 0.25) is 0 Å². The van der Waals surface area contributed by atoms with Gasteiger partial charge >= 0.3 is 12.1 Å². The van der Waals surface area contributed by atoms with E-state index in [1.165, 1.54) is 13.2 Å². The summed E-state index contributed by atoms with van der Waals surface area (Å²) in [5.74, 6) is -1.80. The number of nitrogens with one attached hydrogen (secondary N) is 2.